The molecule has 170 valence electrons. The van der Waals surface area contributed by atoms with Gasteiger partial charge < -0.3 is 4.90 Å². The number of hydrogen-bond acceptors (Lipinski definition) is 1. The van der Waals surface area contributed by atoms with E-state index in [1.807, 2.05) is 0 Å². The SMILES string of the molecule is Brc1cc(-c2ccccc2)cc(-c2ccc3c(c2)N(c2ccccc2)c2cccc4cccc-3c24)c1. The molecule has 36 heavy (non-hydrogen) atoms. The van der Waals surface area contributed by atoms with E-state index in [1.165, 1.54) is 55.5 Å². The predicted octanol–water partition coefficient (Wildman–Crippen LogP) is 10.4. The summed E-state index contributed by atoms with van der Waals surface area (Å²) in [4.78, 5) is 2.41. The van der Waals surface area contributed by atoms with E-state index in [1.54, 1.807) is 0 Å². The summed E-state index contributed by atoms with van der Waals surface area (Å²) >= 11 is 3.76. The van der Waals surface area contributed by atoms with Crippen molar-refractivity contribution in [3.8, 4) is 33.4 Å². The second-order valence-corrected chi connectivity index (χ2v) is 10.1. The molecule has 0 N–H and O–H groups in total. The Hall–Kier alpha value is -4.14. The van der Waals surface area contributed by atoms with E-state index < -0.39 is 0 Å². The highest BCUT2D eigenvalue weighted by molar-refractivity contribution is 9.10. The molecule has 0 aromatic heterocycles. The van der Waals surface area contributed by atoms with Crippen molar-refractivity contribution in [1.29, 1.82) is 0 Å². The first-order valence-corrected chi connectivity index (χ1v) is 12.9. The number of halogens is 1. The molecule has 1 aliphatic rings. The van der Waals surface area contributed by atoms with Crippen LogP contribution >= 0.6 is 15.9 Å². The largest absolute Gasteiger partial charge is 0.309 e. The summed E-state index contributed by atoms with van der Waals surface area (Å²) in [6, 6.07) is 48.0. The average Bonchev–Trinajstić information content (AvgIpc) is 2.94. The zero-order valence-electron chi connectivity index (χ0n) is 19.5. The molecule has 0 unspecified atom stereocenters. The highest BCUT2D eigenvalue weighted by atomic mass is 79.9. The maximum absolute atomic E-state index is 3.76. The van der Waals surface area contributed by atoms with Crippen LogP contribution in [-0.4, -0.2) is 0 Å². The molecule has 1 nitrogen and oxygen atoms in total. The molecule has 0 atom stereocenters. The Bertz CT molecular complexity index is 1730. The quantitative estimate of drug-likeness (QED) is 0.222. The van der Waals surface area contributed by atoms with Gasteiger partial charge in [0.25, 0.3) is 0 Å². The minimum Gasteiger partial charge on any atom is -0.309 e. The fraction of sp³-hybridized carbons (Fsp3) is 0. The minimum atomic E-state index is 1.08. The summed E-state index contributed by atoms with van der Waals surface area (Å²) in [5, 5.41) is 2.57. The van der Waals surface area contributed by atoms with Gasteiger partial charge in [-0.05, 0) is 75.7 Å². The zero-order valence-corrected chi connectivity index (χ0v) is 21.1. The van der Waals surface area contributed by atoms with Crippen molar-refractivity contribution in [3.05, 3.63) is 138 Å². The smallest absolute Gasteiger partial charge is 0.0546 e. The molecule has 0 radical (unpaired) electrons. The van der Waals surface area contributed by atoms with Gasteiger partial charge in [0.2, 0.25) is 0 Å². The summed E-state index contributed by atoms with van der Waals surface area (Å²) in [6.45, 7) is 0. The normalized spacial score (nSPS) is 12.0. The molecular weight excluding hydrogens is 502 g/mol. The number of rotatable bonds is 3. The lowest BCUT2D eigenvalue weighted by atomic mass is 9.89. The summed E-state index contributed by atoms with van der Waals surface area (Å²) < 4.78 is 1.08. The number of hydrogen-bond donors (Lipinski definition) is 0. The van der Waals surface area contributed by atoms with Crippen molar-refractivity contribution in [1.82, 2.24) is 0 Å². The third-order valence-electron chi connectivity index (χ3n) is 7.01. The van der Waals surface area contributed by atoms with Crippen LogP contribution in [0.15, 0.2) is 138 Å². The molecule has 0 saturated carbocycles. The molecule has 0 spiro atoms. The number of para-hydroxylation sites is 1. The molecule has 0 fully saturated rings. The van der Waals surface area contributed by atoms with E-state index >= 15 is 0 Å². The molecule has 6 aromatic carbocycles. The molecule has 7 rings (SSSR count). The van der Waals surface area contributed by atoms with Crippen LogP contribution in [0.2, 0.25) is 0 Å². The standard InChI is InChI=1S/C34H22BrN/c35-28-20-26(23-9-3-1-4-10-23)19-27(21-28)25-17-18-30-31-15-7-11-24-12-8-16-32(34(24)31)36(33(30)22-25)29-13-5-2-6-14-29/h1-22H. The van der Waals surface area contributed by atoms with E-state index in [9.17, 15) is 0 Å². The lowest BCUT2D eigenvalue weighted by Crippen LogP contribution is -2.15. The van der Waals surface area contributed by atoms with Crippen LogP contribution in [0.5, 0.6) is 0 Å². The van der Waals surface area contributed by atoms with Gasteiger partial charge >= 0.3 is 0 Å². The molecule has 0 amide bonds. The van der Waals surface area contributed by atoms with E-state index in [2.05, 4.69) is 154 Å². The Morgan fingerprint density at radius 1 is 0.444 bits per heavy atom. The van der Waals surface area contributed by atoms with Crippen LogP contribution in [0.1, 0.15) is 0 Å². The Balaban J connectivity index is 1.47. The first-order chi connectivity index (χ1) is 17.8. The number of fused-ring (bicyclic) bond motifs is 2. The van der Waals surface area contributed by atoms with Crippen molar-refractivity contribution >= 4 is 43.8 Å². The summed E-state index contributed by atoms with van der Waals surface area (Å²) in [5.74, 6) is 0. The maximum atomic E-state index is 3.76. The molecule has 2 heteroatoms. The monoisotopic (exact) mass is 523 g/mol. The van der Waals surface area contributed by atoms with E-state index in [-0.39, 0.29) is 0 Å². The third kappa shape index (κ3) is 3.45. The van der Waals surface area contributed by atoms with E-state index in [0.29, 0.717) is 0 Å². The van der Waals surface area contributed by atoms with Crippen LogP contribution in [0, 0.1) is 0 Å². The molecule has 0 bridgehead atoms. The molecule has 0 saturated heterocycles. The molecular formula is C34H22BrN. The van der Waals surface area contributed by atoms with Crippen LogP contribution < -0.4 is 4.90 Å². The van der Waals surface area contributed by atoms with Gasteiger partial charge in [-0.25, -0.2) is 0 Å². The first kappa shape index (κ1) is 21.2. The van der Waals surface area contributed by atoms with Crippen molar-refractivity contribution in [2.75, 3.05) is 4.90 Å². The van der Waals surface area contributed by atoms with Crippen LogP contribution in [0.25, 0.3) is 44.2 Å². The number of anilines is 3. The maximum Gasteiger partial charge on any atom is 0.0546 e. The van der Waals surface area contributed by atoms with Crippen molar-refractivity contribution < 1.29 is 0 Å². The fourth-order valence-corrected chi connectivity index (χ4v) is 5.89. The Morgan fingerprint density at radius 3 is 1.92 bits per heavy atom. The van der Waals surface area contributed by atoms with Crippen LogP contribution in [-0.2, 0) is 0 Å². The predicted molar refractivity (Wildman–Crippen MR) is 156 cm³/mol. The highest BCUT2D eigenvalue weighted by Crippen LogP contribution is 2.51. The molecule has 6 aromatic rings. The van der Waals surface area contributed by atoms with Gasteiger partial charge in [0.15, 0.2) is 0 Å². The Labute approximate surface area is 219 Å². The Kier molecular flexibility index (Phi) is 5.00. The second kappa shape index (κ2) is 8.51. The molecule has 1 aliphatic heterocycles. The van der Waals surface area contributed by atoms with Gasteiger partial charge in [0.1, 0.15) is 0 Å². The van der Waals surface area contributed by atoms with Crippen molar-refractivity contribution in [3.63, 3.8) is 0 Å². The molecule has 1 heterocycles. The average molecular weight is 524 g/mol. The number of nitrogens with zero attached hydrogens (tertiary/aromatic N) is 1. The van der Waals surface area contributed by atoms with Gasteiger partial charge in [-0.2, -0.15) is 0 Å². The summed E-state index contributed by atoms with van der Waals surface area (Å²) in [7, 11) is 0. The summed E-state index contributed by atoms with van der Waals surface area (Å²) in [5.41, 5.74) is 10.9. The van der Waals surface area contributed by atoms with Crippen LogP contribution in [0.4, 0.5) is 17.1 Å². The second-order valence-electron chi connectivity index (χ2n) is 9.18. The molecule has 0 aliphatic carbocycles. The lowest BCUT2D eigenvalue weighted by molar-refractivity contribution is 1.28. The minimum absolute atomic E-state index is 1.08. The topological polar surface area (TPSA) is 3.24 Å². The van der Waals surface area contributed by atoms with Gasteiger partial charge in [-0.3, -0.25) is 0 Å². The number of benzene rings is 6. The van der Waals surface area contributed by atoms with E-state index in [0.717, 1.165) is 10.2 Å². The third-order valence-corrected chi connectivity index (χ3v) is 7.46. The zero-order chi connectivity index (χ0) is 24.1. The summed E-state index contributed by atoms with van der Waals surface area (Å²) in [6.07, 6.45) is 0. The van der Waals surface area contributed by atoms with Gasteiger partial charge in [0, 0.05) is 21.1 Å². The van der Waals surface area contributed by atoms with Gasteiger partial charge in [0.05, 0.1) is 11.4 Å². The van der Waals surface area contributed by atoms with Crippen molar-refractivity contribution in [2.45, 2.75) is 0 Å². The Morgan fingerprint density at radius 2 is 1.14 bits per heavy atom. The highest BCUT2D eigenvalue weighted by Gasteiger charge is 2.26. The lowest BCUT2D eigenvalue weighted by Gasteiger charge is -2.34. The first-order valence-electron chi connectivity index (χ1n) is 12.1. The van der Waals surface area contributed by atoms with Crippen LogP contribution in [0.3, 0.4) is 0 Å². The van der Waals surface area contributed by atoms with E-state index in [4.69, 9.17) is 0 Å². The fourth-order valence-electron chi connectivity index (χ4n) is 5.39. The van der Waals surface area contributed by atoms with Crippen molar-refractivity contribution in [2.24, 2.45) is 0 Å². The van der Waals surface area contributed by atoms with Gasteiger partial charge in [-0.1, -0.05) is 107 Å². The van der Waals surface area contributed by atoms with Gasteiger partial charge in [-0.15, -0.1) is 0 Å².